The fourth-order valence-electron chi connectivity index (χ4n) is 2.12. The maximum Gasteiger partial charge on any atom is 0.261 e. The molecule has 2 rings (SSSR count). The van der Waals surface area contributed by atoms with Crippen LogP contribution in [0.1, 0.15) is 40.0 Å². The summed E-state index contributed by atoms with van der Waals surface area (Å²) in [5.41, 5.74) is 0.585. The topological polar surface area (TPSA) is 109 Å². The smallest absolute Gasteiger partial charge is 0.261 e. The number of pyridine rings is 2. The van der Waals surface area contributed by atoms with Crippen LogP contribution in [0.4, 0.5) is 0 Å². The zero-order chi connectivity index (χ0) is 18.9. The number of aromatic nitrogens is 2. The molecule has 8 heteroatoms. The first-order valence-electron chi connectivity index (χ1n) is 7.94. The summed E-state index contributed by atoms with van der Waals surface area (Å²) in [6.45, 7) is 0. The Kier molecular flexibility index (Phi) is 6.67. The fourth-order valence-corrected chi connectivity index (χ4v) is 2.12. The molecule has 2 heterocycles. The lowest BCUT2D eigenvalue weighted by Crippen LogP contribution is -2.34. The molecule has 0 aliphatic heterocycles. The Morgan fingerprint density at radius 2 is 1.58 bits per heavy atom. The SMILES string of the molecule is CN(C(=O)CCCC(=O)NC(=O)c1cccnc1)C(=O)c1cccnc1. The van der Waals surface area contributed by atoms with Gasteiger partial charge in [0.2, 0.25) is 11.8 Å². The van der Waals surface area contributed by atoms with E-state index in [0.717, 1.165) is 4.90 Å². The number of hydrogen-bond donors (Lipinski definition) is 1. The highest BCUT2D eigenvalue weighted by atomic mass is 16.2. The number of hydrogen-bond acceptors (Lipinski definition) is 6. The minimum atomic E-state index is -0.543. The third-order valence-corrected chi connectivity index (χ3v) is 3.56. The summed E-state index contributed by atoms with van der Waals surface area (Å²) >= 11 is 0. The van der Waals surface area contributed by atoms with Gasteiger partial charge in [0, 0.05) is 44.7 Å². The van der Waals surface area contributed by atoms with Crippen LogP contribution in [0.2, 0.25) is 0 Å². The van der Waals surface area contributed by atoms with Crippen LogP contribution < -0.4 is 5.32 Å². The summed E-state index contributed by atoms with van der Waals surface area (Å²) in [6, 6.07) is 6.30. The van der Waals surface area contributed by atoms with E-state index in [4.69, 9.17) is 0 Å². The first kappa shape index (κ1) is 18.9. The minimum absolute atomic E-state index is 0.00728. The second-order valence-electron chi connectivity index (χ2n) is 5.47. The van der Waals surface area contributed by atoms with Crippen LogP contribution in [-0.2, 0) is 9.59 Å². The van der Waals surface area contributed by atoms with Crippen molar-refractivity contribution in [3.8, 4) is 0 Å². The van der Waals surface area contributed by atoms with Gasteiger partial charge in [0.15, 0.2) is 0 Å². The molecule has 0 spiro atoms. The van der Waals surface area contributed by atoms with Crippen LogP contribution in [-0.4, -0.2) is 45.5 Å². The van der Waals surface area contributed by atoms with Crippen molar-refractivity contribution < 1.29 is 19.2 Å². The van der Waals surface area contributed by atoms with Gasteiger partial charge in [-0.1, -0.05) is 0 Å². The molecule has 1 N–H and O–H groups in total. The van der Waals surface area contributed by atoms with Crippen LogP contribution in [0.3, 0.4) is 0 Å². The highest BCUT2D eigenvalue weighted by Gasteiger charge is 2.19. The Labute approximate surface area is 150 Å². The first-order chi connectivity index (χ1) is 12.5. The molecule has 8 nitrogen and oxygen atoms in total. The number of rotatable bonds is 6. The number of imide groups is 2. The number of carbonyl (C=O) groups excluding carboxylic acids is 4. The van der Waals surface area contributed by atoms with E-state index in [0.29, 0.717) is 5.56 Å². The van der Waals surface area contributed by atoms with Gasteiger partial charge in [-0.15, -0.1) is 0 Å². The summed E-state index contributed by atoms with van der Waals surface area (Å²) in [7, 11) is 1.38. The molecule has 0 aromatic carbocycles. The Bertz CT molecular complexity index is 793. The molecular weight excluding hydrogens is 336 g/mol. The van der Waals surface area contributed by atoms with E-state index >= 15 is 0 Å². The highest BCUT2D eigenvalue weighted by Crippen LogP contribution is 2.06. The maximum absolute atomic E-state index is 12.1. The summed E-state index contributed by atoms with van der Waals surface area (Å²) in [5, 5.41) is 2.23. The molecule has 0 aliphatic rings. The van der Waals surface area contributed by atoms with E-state index in [1.54, 1.807) is 18.2 Å². The normalized spacial score (nSPS) is 10.0. The molecule has 0 saturated heterocycles. The second-order valence-corrected chi connectivity index (χ2v) is 5.47. The second kappa shape index (κ2) is 9.16. The predicted molar refractivity (Wildman–Crippen MR) is 91.9 cm³/mol. The Morgan fingerprint density at radius 1 is 0.962 bits per heavy atom. The zero-order valence-electron chi connectivity index (χ0n) is 14.2. The van der Waals surface area contributed by atoms with Crippen molar-refractivity contribution in [1.29, 1.82) is 0 Å². The van der Waals surface area contributed by atoms with Crippen molar-refractivity contribution in [2.75, 3.05) is 7.05 Å². The largest absolute Gasteiger partial charge is 0.292 e. The summed E-state index contributed by atoms with van der Waals surface area (Å²) in [6.07, 6.45) is 6.01. The average molecular weight is 354 g/mol. The molecule has 0 radical (unpaired) electrons. The van der Waals surface area contributed by atoms with E-state index in [1.165, 1.54) is 37.9 Å². The van der Waals surface area contributed by atoms with Gasteiger partial charge in [-0.25, -0.2) is 0 Å². The van der Waals surface area contributed by atoms with Crippen LogP contribution in [0.25, 0.3) is 0 Å². The first-order valence-corrected chi connectivity index (χ1v) is 7.94. The van der Waals surface area contributed by atoms with E-state index in [2.05, 4.69) is 15.3 Å². The van der Waals surface area contributed by atoms with Crippen LogP contribution in [0.15, 0.2) is 49.1 Å². The molecule has 134 valence electrons. The lowest BCUT2D eigenvalue weighted by atomic mass is 10.2. The van der Waals surface area contributed by atoms with Gasteiger partial charge in [0.25, 0.3) is 11.8 Å². The van der Waals surface area contributed by atoms with E-state index < -0.39 is 23.6 Å². The van der Waals surface area contributed by atoms with Crippen LogP contribution >= 0.6 is 0 Å². The van der Waals surface area contributed by atoms with Gasteiger partial charge in [-0.3, -0.25) is 39.4 Å². The Hall–Kier alpha value is -3.42. The van der Waals surface area contributed by atoms with E-state index in [9.17, 15) is 19.2 Å². The lowest BCUT2D eigenvalue weighted by molar-refractivity contribution is -0.127. The Morgan fingerprint density at radius 3 is 2.15 bits per heavy atom. The van der Waals surface area contributed by atoms with Gasteiger partial charge < -0.3 is 0 Å². The third-order valence-electron chi connectivity index (χ3n) is 3.56. The Balaban J connectivity index is 1.76. The molecule has 0 fully saturated rings. The lowest BCUT2D eigenvalue weighted by Gasteiger charge is -2.15. The predicted octanol–water partition coefficient (Wildman–Crippen LogP) is 1.20. The monoisotopic (exact) mass is 354 g/mol. The van der Waals surface area contributed by atoms with Crippen molar-refractivity contribution in [2.24, 2.45) is 0 Å². The van der Waals surface area contributed by atoms with Gasteiger partial charge in [0.05, 0.1) is 11.1 Å². The number of carbonyl (C=O) groups is 4. The van der Waals surface area contributed by atoms with Crippen LogP contribution in [0, 0.1) is 0 Å². The van der Waals surface area contributed by atoms with Crippen molar-refractivity contribution in [3.63, 3.8) is 0 Å². The van der Waals surface area contributed by atoms with Gasteiger partial charge in [-0.05, 0) is 30.7 Å². The number of nitrogens with one attached hydrogen (secondary N) is 1. The number of nitrogens with zero attached hydrogens (tertiary/aromatic N) is 3. The summed E-state index contributed by atoms with van der Waals surface area (Å²) in [5.74, 6) is -1.91. The third kappa shape index (κ3) is 5.30. The molecule has 0 saturated carbocycles. The molecule has 0 atom stereocenters. The van der Waals surface area contributed by atoms with Crippen molar-refractivity contribution in [3.05, 3.63) is 60.2 Å². The molecule has 26 heavy (non-hydrogen) atoms. The van der Waals surface area contributed by atoms with Crippen molar-refractivity contribution in [1.82, 2.24) is 20.2 Å². The van der Waals surface area contributed by atoms with Crippen LogP contribution in [0.5, 0.6) is 0 Å². The molecule has 2 aromatic rings. The minimum Gasteiger partial charge on any atom is -0.292 e. The molecule has 2 aromatic heterocycles. The average Bonchev–Trinajstić information content (AvgIpc) is 2.68. The van der Waals surface area contributed by atoms with Gasteiger partial charge in [0.1, 0.15) is 0 Å². The summed E-state index contributed by atoms with van der Waals surface area (Å²) < 4.78 is 0. The fraction of sp³-hybridized carbons (Fsp3) is 0.222. The van der Waals surface area contributed by atoms with Crippen molar-refractivity contribution in [2.45, 2.75) is 19.3 Å². The molecule has 0 unspecified atom stereocenters. The number of amides is 4. The quantitative estimate of drug-likeness (QED) is 0.835. The van der Waals surface area contributed by atoms with E-state index in [-0.39, 0.29) is 24.8 Å². The van der Waals surface area contributed by atoms with Crippen molar-refractivity contribution >= 4 is 23.6 Å². The highest BCUT2D eigenvalue weighted by molar-refractivity contribution is 6.05. The molecular formula is C18H18N4O4. The molecule has 4 amide bonds. The summed E-state index contributed by atoms with van der Waals surface area (Å²) in [4.78, 5) is 56.4. The van der Waals surface area contributed by atoms with Gasteiger partial charge in [-0.2, -0.15) is 0 Å². The standard InChI is InChI=1S/C18H18N4O4/c1-22(18(26)14-6-4-10-20-12-14)16(24)8-2-7-15(23)21-17(25)13-5-3-9-19-11-13/h3-6,9-12H,2,7-8H2,1H3,(H,21,23,25). The van der Waals surface area contributed by atoms with E-state index in [1.807, 2.05) is 0 Å². The van der Waals surface area contributed by atoms with Gasteiger partial charge >= 0.3 is 0 Å². The molecule has 0 aliphatic carbocycles. The molecule has 0 bridgehead atoms. The maximum atomic E-state index is 12.1. The zero-order valence-corrected chi connectivity index (χ0v) is 14.2.